The van der Waals surface area contributed by atoms with Crippen LogP contribution in [-0.4, -0.2) is 50.1 Å². The first-order valence-corrected chi connectivity index (χ1v) is 6.74. The van der Waals surface area contributed by atoms with Crippen LogP contribution in [0.25, 0.3) is 0 Å². The number of amides is 1. The fourth-order valence-electron chi connectivity index (χ4n) is 2.56. The minimum absolute atomic E-state index is 0.178. The van der Waals surface area contributed by atoms with Gasteiger partial charge in [-0.1, -0.05) is 0 Å². The van der Waals surface area contributed by atoms with Gasteiger partial charge in [0.25, 0.3) is 0 Å². The molecule has 1 N–H and O–H groups in total. The lowest BCUT2D eigenvalue weighted by Crippen LogP contribution is -2.56. The van der Waals surface area contributed by atoms with E-state index in [0.717, 1.165) is 45.0 Å². The molecule has 2 aliphatic rings. The van der Waals surface area contributed by atoms with Crippen LogP contribution < -0.4 is 10.2 Å². The van der Waals surface area contributed by atoms with Gasteiger partial charge in [0.05, 0.1) is 5.92 Å². The van der Waals surface area contributed by atoms with Gasteiger partial charge in [0.2, 0.25) is 5.91 Å². The summed E-state index contributed by atoms with van der Waals surface area (Å²) in [5.74, 6) is 0.241. The third-order valence-corrected chi connectivity index (χ3v) is 3.91. The molecule has 2 heterocycles. The minimum atomic E-state index is -0.213. The van der Waals surface area contributed by atoms with Crippen molar-refractivity contribution in [2.45, 2.75) is 0 Å². The number of carbonyl (C=O) groups is 1. The second-order valence-corrected chi connectivity index (χ2v) is 5.14. The van der Waals surface area contributed by atoms with Crippen LogP contribution in [0, 0.1) is 11.7 Å². The van der Waals surface area contributed by atoms with Gasteiger partial charge in [-0.25, -0.2) is 4.39 Å². The minimum Gasteiger partial charge on any atom is -0.368 e. The predicted molar refractivity (Wildman–Crippen MR) is 71.6 cm³/mol. The number of halogens is 1. The van der Waals surface area contributed by atoms with Crippen molar-refractivity contribution >= 4 is 11.6 Å². The Bertz CT molecular complexity index is 450. The summed E-state index contributed by atoms with van der Waals surface area (Å²) in [6.45, 7) is 4.78. The number of nitrogens with one attached hydrogen (secondary N) is 1. The lowest BCUT2D eigenvalue weighted by molar-refractivity contribution is -0.137. The van der Waals surface area contributed by atoms with Crippen molar-refractivity contribution in [1.29, 1.82) is 0 Å². The first kappa shape index (κ1) is 12.4. The fraction of sp³-hybridized carbons (Fsp3) is 0.500. The van der Waals surface area contributed by atoms with Crippen LogP contribution in [0.3, 0.4) is 0 Å². The largest absolute Gasteiger partial charge is 0.368 e. The molecule has 4 nitrogen and oxygen atoms in total. The quantitative estimate of drug-likeness (QED) is 0.853. The number of anilines is 1. The Labute approximate surface area is 112 Å². The molecule has 3 rings (SSSR count). The van der Waals surface area contributed by atoms with Crippen LogP contribution >= 0.6 is 0 Å². The smallest absolute Gasteiger partial charge is 0.228 e. The van der Waals surface area contributed by atoms with Gasteiger partial charge in [-0.2, -0.15) is 0 Å². The Morgan fingerprint density at radius 3 is 2.26 bits per heavy atom. The SMILES string of the molecule is O=C(C1CNC1)N1CCN(c2ccc(F)cc2)CC1. The number of nitrogens with zero attached hydrogens (tertiary/aromatic N) is 2. The second kappa shape index (κ2) is 5.17. The number of carbonyl (C=O) groups excluding carboxylic acids is 1. The molecule has 1 aromatic carbocycles. The van der Waals surface area contributed by atoms with E-state index in [1.54, 1.807) is 12.1 Å². The van der Waals surface area contributed by atoms with E-state index in [-0.39, 0.29) is 17.6 Å². The lowest BCUT2D eigenvalue weighted by Gasteiger charge is -2.39. The van der Waals surface area contributed by atoms with Gasteiger partial charge in [-0.05, 0) is 24.3 Å². The van der Waals surface area contributed by atoms with Gasteiger partial charge in [0.1, 0.15) is 5.82 Å². The summed E-state index contributed by atoms with van der Waals surface area (Å²) in [7, 11) is 0. The zero-order valence-corrected chi connectivity index (χ0v) is 10.8. The molecule has 102 valence electrons. The Hall–Kier alpha value is -1.62. The monoisotopic (exact) mass is 263 g/mol. The molecule has 5 heteroatoms. The summed E-state index contributed by atoms with van der Waals surface area (Å²) < 4.78 is 12.9. The molecular weight excluding hydrogens is 245 g/mol. The maximum atomic E-state index is 12.9. The highest BCUT2D eigenvalue weighted by Crippen LogP contribution is 2.18. The Kier molecular flexibility index (Phi) is 3.38. The van der Waals surface area contributed by atoms with E-state index in [4.69, 9.17) is 0 Å². The van der Waals surface area contributed by atoms with E-state index < -0.39 is 0 Å². The van der Waals surface area contributed by atoms with Crippen molar-refractivity contribution < 1.29 is 9.18 Å². The third-order valence-electron chi connectivity index (χ3n) is 3.91. The van der Waals surface area contributed by atoms with Gasteiger partial charge in [-0.15, -0.1) is 0 Å². The molecule has 0 atom stereocenters. The highest BCUT2D eigenvalue weighted by molar-refractivity contribution is 5.80. The number of benzene rings is 1. The molecule has 1 aromatic rings. The Morgan fingerprint density at radius 2 is 1.74 bits per heavy atom. The lowest BCUT2D eigenvalue weighted by atomic mass is 10.0. The molecule has 0 spiro atoms. The molecule has 1 amide bonds. The predicted octanol–water partition coefficient (Wildman–Crippen LogP) is 0.694. The number of hydrogen-bond donors (Lipinski definition) is 1. The van der Waals surface area contributed by atoms with Crippen molar-refractivity contribution in [3.05, 3.63) is 30.1 Å². The van der Waals surface area contributed by atoms with E-state index in [9.17, 15) is 9.18 Å². The van der Waals surface area contributed by atoms with Crippen molar-refractivity contribution in [1.82, 2.24) is 10.2 Å². The molecule has 19 heavy (non-hydrogen) atoms. The topological polar surface area (TPSA) is 35.6 Å². The highest BCUT2D eigenvalue weighted by atomic mass is 19.1. The maximum absolute atomic E-state index is 12.9. The van der Waals surface area contributed by atoms with E-state index in [1.165, 1.54) is 12.1 Å². The summed E-state index contributed by atoms with van der Waals surface area (Å²) >= 11 is 0. The fourth-order valence-corrected chi connectivity index (χ4v) is 2.56. The van der Waals surface area contributed by atoms with Crippen LogP contribution in [0.2, 0.25) is 0 Å². The van der Waals surface area contributed by atoms with E-state index in [0.29, 0.717) is 0 Å². The first-order chi connectivity index (χ1) is 9.24. The average molecular weight is 263 g/mol. The molecule has 0 saturated carbocycles. The van der Waals surface area contributed by atoms with Crippen molar-refractivity contribution in [3.63, 3.8) is 0 Å². The normalized spacial score (nSPS) is 20.3. The van der Waals surface area contributed by atoms with E-state index in [1.807, 2.05) is 4.90 Å². The number of rotatable bonds is 2. The summed E-state index contributed by atoms with van der Waals surface area (Å²) in [4.78, 5) is 16.2. The van der Waals surface area contributed by atoms with Crippen LogP contribution in [0.5, 0.6) is 0 Å². The summed E-state index contributed by atoms with van der Waals surface area (Å²) in [6.07, 6.45) is 0. The van der Waals surface area contributed by atoms with E-state index >= 15 is 0 Å². The number of hydrogen-bond acceptors (Lipinski definition) is 3. The van der Waals surface area contributed by atoms with Crippen molar-refractivity contribution in [3.8, 4) is 0 Å². The third kappa shape index (κ3) is 2.56. The summed E-state index contributed by atoms with van der Waals surface area (Å²) in [5.41, 5.74) is 1.03. The van der Waals surface area contributed by atoms with Crippen LogP contribution in [-0.2, 0) is 4.79 Å². The second-order valence-electron chi connectivity index (χ2n) is 5.14. The molecule has 0 aromatic heterocycles. The maximum Gasteiger partial charge on any atom is 0.228 e. The molecule has 2 aliphatic heterocycles. The first-order valence-electron chi connectivity index (χ1n) is 6.74. The van der Waals surface area contributed by atoms with Crippen LogP contribution in [0.4, 0.5) is 10.1 Å². The summed E-state index contributed by atoms with van der Waals surface area (Å²) in [5, 5.41) is 3.13. The van der Waals surface area contributed by atoms with Gasteiger partial charge < -0.3 is 15.1 Å². The highest BCUT2D eigenvalue weighted by Gasteiger charge is 2.30. The number of piperazine rings is 1. The van der Waals surface area contributed by atoms with Crippen molar-refractivity contribution in [2.75, 3.05) is 44.2 Å². The summed E-state index contributed by atoms with van der Waals surface area (Å²) in [6, 6.07) is 6.55. The van der Waals surface area contributed by atoms with Crippen molar-refractivity contribution in [2.24, 2.45) is 5.92 Å². The molecule has 0 bridgehead atoms. The molecule has 2 saturated heterocycles. The van der Waals surface area contributed by atoms with Gasteiger partial charge >= 0.3 is 0 Å². The molecule has 0 unspecified atom stereocenters. The van der Waals surface area contributed by atoms with Crippen LogP contribution in [0.1, 0.15) is 0 Å². The van der Waals surface area contributed by atoms with Gasteiger partial charge in [-0.3, -0.25) is 4.79 Å². The average Bonchev–Trinajstić information content (AvgIpc) is 2.38. The molecule has 2 fully saturated rings. The van der Waals surface area contributed by atoms with E-state index in [2.05, 4.69) is 10.2 Å². The van der Waals surface area contributed by atoms with Gasteiger partial charge in [0, 0.05) is 45.0 Å². The zero-order valence-electron chi connectivity index (χ0n) is 10.8. The van der Waals surface area contributed by atoms with Gasteiger partial charge in [0.15, 0.2) is 0 Å². The molecule has 0 aliphatic carbocycles. The van der Waals surface area contributed by atoms with Crippen LogP contribution in [0.15, 0.2) is 24.3 Å². The Morgan fingerprint density at radius 1 is 1.11 bits per heavy atom. The standard InChI is InChI=1S/C14H18FN3O/c15-12-1-3-13(4-2-12)17-5-7-18(8-6-17)14(19)11-9-16-10-11/h1-4,11,16H,5-10H2. The molecular formula is C14H18FN3O. The Balaban J connectivity index is 1.56. The zero-order chi connectivity index (χ0) is 13.2. The molecule has 0 radical (unpaired) electrons.